The lowest BCUT2D eigenvalue weighted by Gasteiger charge is -2.22. The molecule has 0 atom stereocenters. The average molecular weight is 250 g/mol. The number of rotatable bonds is 4. The van der Waals surface area contributed by atoms with Crippen LogP contribution in [0.25, 0.3) is 0 Å². The number of aromatic nitrogens is 2. The number of nitrogens with zero attached hydrogens (tertiary/aromatic N) is 2. The van der Waals surface area contributed by atoms with Gasteiger partial charge < -0.3 is 11.1 Å². The zero-order valence-electron chi connectivity index (χ0n) is 11.4. The van der Waals surface area contributed by atoms with E-state index in [4.69, 9.17) is 5.73 Å². The van der Waals surface area contributed by atoms with E-state index in [0.29, 0.717) is 24.7 Å². The van der Waals surface area contributed by atoms with Crippen LogP contribution in [0.1, 0.15) is 55.7 Å². The summed E-state index contributed by atoms with van der Waals surface area (Å²) in [5.41, 5.74) is 6.97. The summed E-state index contributed by atoms with van der Waals surface area (Å²) in [5.74, 6) is 0.443. The second kappa shape index (κ2) is 4.72. The van der Waals surface area contributed by atoms with E-state index >= 15 is 0 Å². The first-order valence-electron chi connectivity index (χ1n) is 6.52. The minimum absolute atomic E-state index is 0.0929. The van der Waals surface area contributed by atoms with Gasteiger partial charge in [0.05, 0.1) is 5.54 Å². The quantitative estimate of drug-likeness (QED) is 0.843. The molecule has 0 spiro atoms. The maximum Gasteiger partial charge on any atom is 0.271 e. The highest BCUT2D eigenvalue weighted by Gasteiger charge is 2.32. The number of amides is 1. The SMILES string of the molecule is CC(C)(C)n1nc(C(=O)NCCN)cc1C1CC1. The molecule has 0 bridgehead atoms. The van der Waals surface area contributed by atoms with Crippen molar-refractivity contribution in [1.82, 2.24) is 15.1 Å². The van der Waals surface area contributed by atoms with E-state index in [2.05, 4.69) is 31.2 Å². The summed E-state index contributed by atoms with van der Waals surface area (Å²) in [6, 6.07) is 1.93. The van der Waals surface area contributed by atoms with Gasteiger partial charge >= 0.3 is 0 Å². The summed E-state index contributed by atoms with van der Waals surface area (Å²) in [6.45, 7) is 7.25. The molecule has 0 aliphatic heterocycles. The molecule has 5 nitrogen and oxygen atoms in total. The Kier molecular flexibility index (Phi) is 3.43. The van der Waals surface area contributed by atoms with Crippen LogP contribution < -0.4 is 11.1 Å². The van der Waals surface area contributed by atoms with Gasteiger partial charge in [0.1, 0.15) is 5.69 Å². The van der Waals surface area contributed by atoms with Crippen molar-refractivity contribution in [1.29, 1.82) is 0 Å². The maximum atomic E-state index is 11.9. The molecule has 1 heterocycles. The van der Waals surface area contributed by atoms with Crippen LogP contribution in [-0.2, 0) is 5.54 Å². The summed E-state index contributed by atoms with van der Waals surface area (Å²) in [7, 11) is 0. The minimum Gasteiger partial charge on any atom is -0.349 e. The topological polar surface area (TPSA) is 72.9 Å². The van der Waals surface area contributed by atoms with Crippen molar-refractivity contribution in [3.05, 3.63) is 17.5 Å². The van der Waals surface area contributed by atoms with Crippen LogP contribution in [0, 0.1) is 0 Å². The highest BCUT2D eigenvalue weighted by Crippen LogP contribution is 2.41. The van der Waals surface area contributed by atoms with Crippen LogP contribution in [0.2, 0.25) is 0 Å². The average Bonchev–Trinajstić information content (AvgIpc) is 3.03. The molecular formula is C13H22N4O. The Balaban J connectivity index is 2.25. The van der Waals surface area contributed by atoms with Crippen molar-refractivity contribution in [2.75, 3.05) is 13.1 Å². The molecule has 1 amide bonds. The predicted molar refractivity (Wildman–Crippen MR) is 70.6 cm³/mol. The van der Waals surface area contributed by atoms with Crippen LogP contribution in [-0.4, -0.2) is 28.8 Å². The Bertz CT molecular complexity index is 440. The molecule has 0 unspecified atom stereocenters. The van der Waals surface area contributed by atoms with E-state index in [1.165, 1.54) is 18.5 Å². The molecule has 2 rings (SSSR count). The fraction of sp³-hybridized carbons (Fsp3) is 0.692. The summed E-state index contributed by atoms with van der Waals surface area (Å²) >= 11 is 0. The zero-order chi connectivity index (χ0) is 13.3. The molecule has 1 aromatic rings. The Hall–Kier alpha value is -1.36. The molecular weight excluding hydrogens is 228 g/mol. The molecule has 1 saturated carbocycles. The molecule has 3 N–H and O–H groups in total. The molecule has 1 aliphatic carbocycles. The molecule has 1 aromatic heterocycles. The van der Waals surface area contributed by atoms with Gasteiger partial charge in [-0.1, -0.05) is 0 Å². The molecule has 0 radical (unpaired) electrons. The maximum absolute atomic E-state index is 11.9. The van der Waals surface area contributed by atoms with Gasteiger partial charge in [0.25, 0.3) is 5.91 Å². The van der Waals surface area contributed by atoms with Crippen molar-refractivity contribution in [3.8, 4) is 0 Å². The summed E-state index contributed by atoms with van der Waals surface area (Å²) in [4.78, 5) is 11.9. The van der Waals surface area contributed by atoms with Gasteiger partial charge in [-0.2, -0.15) is 5.10 Å². The zero-order valence-corrected chi connectivity index (χ0v) is 11.4. The van der Waals surface area contributed by atoms with Gasteiger partial charge in [0.15, 0.2) is 0 Å². The Morgan fingerprint density at radius 1 is 1.56 bits per heavy atom. The normalized spacial score (nSPS) is 15.8. The van der Waals surface area contributed by atoms with E-state index in [1.807, 2.05) is 10.7 Å². The number of carbonyl (C=O) groups excluding carboxylic acids is 1. The van der Waals surface area contributed by atoms with Crippen molar-refractivity contribution < 1.29 is 4.79 Å². The van der Waals surface area contributed by atoms with Gasteiger partial charge in [-0.05, 0) is 39.7 Å². The third-order valence-corrected chi connectivity index (χ3v) is 3.03. The largest absolute Gasteiger partial charge is 0.349 e. The Morgan fingerprint density at radius 3 is 2.72 bits per heavy atom. The lowest BCUT2D eigenvalue weighted by molar-refractivity contribution is 0.0948. The van der Waals surface area contributed by atoms with Gasteiger partial charge in [0.2, 0.25) is 0 Å². The van der Waals surface area contributed by atoms with Crippen LogP contribution in [0.5, 0.6) is 0 Å². The predicted octanol–water partition coefficient (Wildman–Crippen LogP) is 1.20. The lowest BCUT2D eigenvalue weighted by Crippen LogP contribution is -2.30. The van der Waals surface area contributed by atoms with Gasteiger partial charge in [-0.15, -0.1) is 0 Å². The third kappa shape index (κ3) is 2.72. The summed E-state index contributed by atoms with van der Waals surface area (Å²) in [5, 5.41) is 7.22. The third-order valence-electron chi connectivity index (χ3n) is 3.03. The smallest absolute Gasteiger partial charge is 0.271 e. The fourth-order valence-corrected chi connectivity index (χ4v) is 1.99. The number of carbonyl (C=O) groups is 1. The second-order valence-corrected chi connectivity index (χ2v) is 5.86. The van der Waals surface area contributed by atoms with Crippen LogP contribution in [0.4, 0.5) is 0 Å². The number of nitrogens with two attached hydrogens (primary N) is 1. The fourth-order valence-electron chi connectivity index (χ4n) is 1.99. The monoisotopic (exact) mass is 250 g/mol. The van der Waals surface area contributed by atoms with Crippen LogP contribution in [0.3, 0.4) is 0 Å². The van der Waals surface area contributed by atoms with E-state index in [-0.39, 0.29) is 11.4 Å². The minimum atomic E-state index is -0.134. The Labute approximate surface area is 108 Å². The van der Waals surface area contributed by atoms with Crippen molar-refractivity contribution in [3.63, 3.8) is 0 Å². The second-order valence-electron chi connectivity index (χ2n) is 5.86. The van der Waals surface area contributed by atoms with Crippen molar-refractivity contribution in [2.45, 2.75) is 45.1 Å². The molecule has 0 saturated heterocycles. The molecule has 0 aromatic carbocycles. The van der Waals surface area contributed by atoms with Crippen molar-refractivity contribution >= 4 is 5.91 Å². The van der Waals surface area contributed by atoms with E-state index in [9.17, 15) is 4.79 Å². The van der Waals surface area contributed by atoms with Crippen molar-refractivity contribution in [2.24, 2.45) is 5.73 Å². The highest BCUT2D eigenvalue weighted by atomic mass is 16.1. The van der Waals surface area contributed by atoms with Crippen LogP contribution in [0.15, 0.2) is 6.07 Å². The van der Waals surface area contributed by atoms with Gasteiger partial charge in [0, 0.05) is 24.7 Å². The van der Waals surface area contributed by atoms with E-state index in [1.54, 1.807) is 0 Å². The number of hydrogen-bond donors (Lipinski definition) is 2. The first-order valence-corrected chi connectivity index (χ1v) is 6.52. The van der Waals surface area contributed by atoms with Crippen LogP contribution >= 0.6 is 0 Å². The molecule has 100 valence electrons. The van der Waals surface area contributed by atoms with Gasteiger partial charge in [-0.3, -0.25) is 9.48 Å². The first kappa shape index (κ1) is 13.1. The molecule has 1 fully saturated rings. The lowest BCUT2D eigenvalue weighted by atomic mass is 10.1. The standard InChI is InChI=1S/C13H22N4O/c1-13(2,3)17-11(9-4-5-9)8-10(16-17)12(18)15-7-6-14/h8-9H,4-7,14H2,1-3H3,(H,15,18). The number of nitrogens with one attached hydrogen (secondary N) is 1. The van der Waals surface area contributed by atoms with E-state index in [0.717, 1.165) is 0 Å². The summed E-state index contributed by atoms with van der Waals surface area (Å²) in [6.07, 6.45) is 2.40. The molecule has 1 aliphatic rings. The molecule has 5 heteroatoms. The van der Waals surface area contributed by atoms with Gasteiger partial charge in [-0.25, -0.2) is 0 Å². The highest BCUT2D eigenvalue weighted by molar-refractivity contribution is 5.92. The molecule has 18 heavy (non-hydrogen) atoms. The Morgan fingerprint density at radius 2 is 2.22 bits per heavy atom. The number of hydrogen-bond acceptors (Lipinski definition) is 3. The first-order chi connectivity index (χ1) is 8.43. The van der Waals surface area contributed by atoms with E-state index < -0.39 is 0 Å². The summed E-state index contributed by atoms with van der Waals surface area (Å²) < 4.78 is 1.99.